The number of benzene rings is 1. The van der Waals surface area contributed by atoms with E-state index in [4.69, 9.17) is 0 Å². The highest BCUT2D eigenvalue weighted by Gasteiger charge is 2.21. The van der Waals surface area contributed by atoms with Gasteiger partial charge in [-0.05, 0) is 0 Å². The monoisotopic (exact) mass is 240 g/mol. The number of rotatable bonds is 2. The average molecular weight is 240 g/mol. The molecule has 1 atom stereocenters. The van der Waals surface area contributed by atoms with Gasteiger partial charge in [-0.1, -0.05) is 0 Å². The molecule has 3 nitrogen and oxygen atoms in total. The lowest BCUT2D eigenvalue weighted by Gasteiger charge is -2.12. The molecule has 2 aromatic rings. The molecule has 0 saturated carbocycles. The number of aliphatic hydroxyl groups is 1. The first-order valence-corrected chi connectivity index (χ1v) is 4.67. The SMILES string of the molecule is OC(c1cncnc1)c1c(F)cc(F)cc1F. The molecule has 1 N–H and O–H groups in total. The van der Waals surface area contributed by atoms with Crippen LogP contribution in [0.3, 0.4) is 0 Å². The van der Waals surface area contributed by atoms with Crippen molar-refractivity contribution in [2.24, 2.45) is 0 Å². The molecule has 17 heavy (non-hydrogen) atoms. The quantitative estimate of drug-likeness (QED) is 0.872. The predicted molar refractivity (Wildman–Crippen MR) is 52.4 cm³/mol. The average Bonchev–Trinajstić information content (AvgIpc) is 2.28. The van der Waals surface area contributed by atoms with E-state index in [1.807, 2.05) is 0 Å². The molecule has 0 bridgehead atoms. The summed E-state index contributed by atoms with van der Waals surface area (Å²) in [6.07, 6.45) is 2.09. The van der Waals surface area contributed by atoms with Crippen LogP contribution < -0.4 is 0 Å². The van der Waals surface area contributed by atoms with Gasteiger partial charge < -0.3 is 5.11 Å². The zero-order chi connectivity index (χ0) is 12.4. The number of aromatic nitrogens is 2. The molecular formula is C11H7F3N2O. The Morgan fingerprint density at radius 2 is 1.53 bits per heavy atom. The first-order chi connectivity index (χ1) is 8.09. The standard InChI is InChI=1S/C11H7F3N2O/c12-7-1-8(13)10(9(14)2-7)11(17)6-3-15-5-16-4-6/h1-5,11,17H. The van der Waals surface area contributed by atoms with Crippen molar-refractivity contribution in [1.82, 2.24) is 9.97 Å². The molecule has 0 fully saturated rings. The molecule has 0 aliphatic carbocycles. The van der Waals surface area contributed by atoms with E-state index in [2.05, 4.69) is 9.97 Å². The molecule has 1 aromatic carbocycles. The maximum Gasteiger partial charge on any atom is 0.135 e. The van der Waals surface area contributed by atoms with Gasteiger partial charge in [0.2, 0.25) is 0 Å². The molecule has 1 heterocycles. The molecule has 1 aromatic heterocycles. The van der Waals surface area contributed by atoms with Crippen LogP contribution >= 0.6 is 0 Å². The van der Waals surface area contributed by atoms with E-state index in [-0.39, 0.29) is 5.56 Å². The smallest absolute Gasteiger partial charge is 0.135 e. The maximum atomic E-state index is 13.4. The lowest BCUT2D eigenvalue weighted by atomic mass is 10.0. The van der Waals surface area contributed by atoms with E-state index >= 15 is 0 Å². The zero-order valence-corrected chi connectivity index (χ0v) is 8.44. The van der Waals surface area contributed by atoms with Crippen LogP contribution in [0.4, 0.5) is 13.2 Å². The van der Waals surface area contributed by atoms with Crippen molar-refractivity contribution in [1.29, 1.82) is 0 Å². The van der Waals surface area contributed by atoms with Crippen LogP contribution in [-0.2, 0) is 0 Å². The maximum absolute atomic E-state index is 13.4. The Balaban J connectivity index is 2.48. The summed E-state index contributed by atoms with van der Waals surface area (Å²) in [6.45, 7) is 0. The lowest BCUT2D eigenvalue weighted by molar-refractivity contribution is 0.207. The minimum atomic E-state index is -1.57. The topological polar surface area (TPSA) is 46.0 Å². The van der Waals surface area contributed by atoms with Crippen molar-refractivity contribution in [3.63, 3.8) is 0 Å². The Bertz CT molecular complexity index is 510. The molecule has 88 valence electrons. The van der Waals surface area contributed by atoms with Gasteiger partial charge in [0.25, 0.3) is 0 Å². The van der Waals surface area contributed by atoms with Gasteiger partial charge in [0, 0.05) is 30.1 Å². The van der Waals surface area contributed by atoms with Crippen LogP contribution in [0.5, 0.6) is 0 Å². The predicted octanol–water partition coefficient (Wildman–Crippen LogP) is 1.98. The Kier molecular flexibility index (Phi) is 3.06. The number of hydrogen-bond acceptors (Lipinski definition) is 3. The Morgan fingerprint density at radius 1 is 1.00 bits per heavy atom. The molecule has 6 heteroatoms. The Hall–Kier alpha value is -1.95. The second kappa shape index (κ2) is 4.50. The number of nitrogens with zero attached hydrogens (tertiary/aromatic N) is 2. The highest BCUT2D eigenvalue weighted by Crippen LogP contribution is 2.26. The van der Waals surface area contributed by atoms with Crippen molar-refractivity contribution in [3.05, 3.63) is 59.4 Å². The summed E-state index contributed by atoms with van der Waals surface area (Å²) in [4.78, 5) is 7.24. The number of hydrogen-bond donors (Lipinski definition) is 1. The van der Waals surface area contributed by atoms with E-state index in [0.717, 1.165) is 0 Å². The molecule has 0 radical (unpaired) electrons. The minimum Gasteiger partial charge on any atom is -0.383 e. The number of halogens is 3. The fourth-order valence-corrected chi connectivity index (χ4v) is 1.43. The Labute approximate surface area is 94.6 Å². The second-order valence-electron chi connectivity index (χ2n) is 3.36. The largest absolute Gasteiger partial charge is 0.383 e. The fraction of sp³-hybridized carbons (Fsp3) is 0.0909. The van der Waals surface area contributed by atoms with Gasteiger partial charge in [0.1, 0.15) is 29.9 Å². The van der Waals surface area contributed by atoms with Crippen LogP contribution in [0.1, 0.15) is 17.2 Å². The summed E-state index contributed by atoms with van der Waals surface area (Å²) < 4.78 is 39.4. The fourth-order valence-electron chi connectivity index (χ4n) is 1.43. The molecule has 0 aliphatic rings. The van der Waals surface area contributed by atoms with Crippen molar-refractivity contribution in [3.8, 4) is 0 Å². The molecule has 0 saturated heterocycles. The van der Waals surface area contributed by atoms with Crippen molar-refractivity contribution >= 4 is 0 Å². The van der Waals surface area contributed by atoms with Crippen LogP contribution in [-0.4, -0.2) is 15.1 Å². The van der Waals surface area contributed by atoms with E-state index < -0.39 is 29.1 Å². The summed E-state index contributed by atoms with van der Waals surface area (Å²) in [5.74, 6) is -3.35. The van der Waals surface area contributed by atoms with E-state index in [1.165, 1.54) is 18.7 Å². The third kappa shape index (κ3) is 2.26. The van der Waals surface area contributed by atoms with Crippen molar-refractivity contribution in [2.45, 2.75) is 6.10 Å². The van der Waals surface area contributed by atoms with Crippen molar-refractivity contribution in [2.75, 3.05) is 0 Å². The van der Waals surface area contributed by atoms with Crippen LogP contribution in [0.2, 0.25) is 0 Å². The van der Waals surface area contributed by atoms with Gasteiger partial charge in [-0.3, -0.25) is 0 Å². The molecule has 2 rings (SSSR count). The third-order valence-electron chi connectivity index (χ3n) is 2.21. The summed E-state index contributed by atoms with van der Waals surface area (Å²) in [5, 5.41) is 9.76. The van der Waals surface area contributed by atoms with Gasteiger partial charge in [0.15, 0.2) is 0 Å². The second-order valence-corrected chi connectivity index (χ2v) is 3.36. The number of aliphatic hydroxyl groups excluding tert-OH is 1. The van der Waals surface area contributed by atoms with Gasteiger partial charge in [-0.15, -0.1) is 0 Å². The van der Waals surface area contributed by atoms with Gasteiger partial charge >= 0.3 is 0 Å². The summed E-state index contributed by atoms with van der Waals surface area (Å²) in [6, 6.07) is 1.01. The van der Waals surface area contributed by atoms with E-state index in [1.54, 1.807) is 0 Å². The highest BCUT2D eigenvalue weighted by molar-refractivity contribution is 5.29. The van der Waals surface area contributed by atoms with Gasteiger partial charge in [0.05, 0.1) is 5.56 Å². The van der Waals surface area contributed by atoms with Crippen LogP contribution in [0.15, 0.2) is 30.9 Å². The van der Waals surface area contributed by atoms with E-state index in [0.29, 0.717) is 12.1 Å². The summed E-state index contributed by atoms with van der Waals surface area (Å²) >= 11 is 0. The molecule has 0 spiro atoms. The van der Waals surface area contributed by atoms with Gasteiger partial charge in [-0.25, -0.2) is 23.1 Å². The summed E-state index contributed by atoms with van der Waals surface area (Å²) in [7, 11) is 0. The van der Waals surface area contributed by atoms with Gasteiger partial charge in [-0.2, -0.15) is 0 Å². The lowest BCUT2D eigenvalue weighted by Crippen LogP contribution is -2.07. The first-order valence-electron chi connectivity index (χ1n) is 4.67. The van der Waals surface area contributed by atoms with Crippen molar-refractivity contribution < 1.29 is 18.3 Å². The van der Waals surface area contributed by atoms with Crippen LogP contribution in [0.25, 0.3) is 0 Å². The molecule has 1 unspecified atom stereocenters. The molecule has 0 aliphatic heterocycles. The van der Waals surface area contributed by atoms with Crippen LogP contribution in [0, 0.1) is 17.5 Å². The normalized spacial score (nSPS) is 12.5. The molecular weight excluding hydrogens is 233 g/mol. The minimum absolute atomic E-state index is 0.122. The third-order valence-corrected chi connectivity index (χ3v) is 2.21. The summed E-state index contributed by atoms with van der Waals surface area (Å²) in [5.41, 5.74) is -0.502. The first kappa shape index (κ1) is 11.5. The van der Waals surface area contributed by atoms with E-state index in [9.17, 15) is 18.3 Å². The Morgan fingerprint density at radius 3 is 2.06 bits per heavy atom. The zero-order valence-electron chi connectivity index (χ0n) is 8.44. The molecule has 0 amide bonds. The highest BCUT2D eigenvalue weighted by atomic mass is 19.1.